The normalized spacial score (nSPS) is 31.3. The van der Waals surface area contributed by atoms with Crippen molar-refractivity contribution in [1.29, 1.82) is 0 Å². The molecule has 3 saturated carbocycles. The molecule has 3 aliphatic carbocycles. The number of halogens is 3. The fraction of sp³-hybridized carbons (Fsp3) is 0.500. The van der Waals surface area contributed by atoms with E-state index in [1.807, 2.05) is 0 Å². The van der Waals surface area contributed by atoms with E-state index >= 15 is 4.39 Å². The Bertz CT molecular complexity index is 1550. The minimum Gasteiger partial charge on any atom is -0.354 e. The fourth-order valence-electron chi connectivity index (χ4n) is 7.95. The number of hydrogen-bond donors (Lipinski definition) is 1. The monoisotopic (exact) mass is 536 g/mol. The molecule has 0 radical (unpaired) electrons. The first-order valence-electron chi connectivity index (χ1n) is 13.9. The smallest absolute Gasteiger partial charge is 0.257 e. The second-order valence-electron chi connectivity index (χ2n) is 12.4. The second kappa shape index (κ2) is 8.83. The van der Waals surface area contributed by atoms with Gasteiger partial charge in [-0.3, -0.25) is 14.2 Å². The lowest BCUT2D eigenvalue weighted by molar-refractivity contribution is 0.0570. The largest absolute Gasteiger partial charge is 0.354 e. The van der Waals surface area contributed by atoms with Crippen LogP contribution in [0.2, 0.25) is 0 Å². The first-order valence-corrected chi connectivity index (χ1v) is 13.9. The molecule has 7 rings (SSSR count). The maximum Gasteiger partial charge on any atom is 0.257 e. The number of pyridine rings is 2. The summed E-state index contributed by atoms with van der Waals surface area (Å²) in [6.07, 6.45) is 6.13. The number of nitrogens with zero attached hydrogens (tertiary/aromatic N) is 3. The van der Waals surface area contributed by atoms with Crippen molar-refractivity contribution in [2.24, 2.45) is 23.7 Å². The summed E-state index contributed by atoms with van der Waals surface area (Å²) < 4.78 is 44.0. The van der Waals surface area contributed by atoms with E-state index in [1.165, 1.54) is 36.1 Å². The van der Waals surface area contributed by atoms with Gasteiger partial charge in [-0.05, 0) is 93.4 Å². The zero-order valence-electron chi connectivity index (χ0n) is 21.8. The Morgan fingerprint density at radius 1 is 1.10 bits per heavy atom. The van der Waals surface area contributed by atoms with Gasteiger partial charge in [0.05, 0.1) is 17.6 Å². The number of fused-ring (bicyclic) bond motifs is 2. The fourth-order valence-corrected chi connectivity index (χ4v) is 7.95. The summed E-state index contributed by atoms with van der Waals surface area (Å²) >= 11 is 0. The molecule has 0 spiro atoms. The molecule has 204 valence electrons. The van der Waals surface area contributed by atoms with Gasteiger partial charge in [-0.25, -0.2) is 18.2 Å². The molecule has 6 nitrogen and oxygen atoms in total. The number of benzene rings is 1. The van der Waals surface area contributed by atoms with Crippen LogP contribution in [0.1, 0.15) is 55.8 Å². The van der Waals surface area contributed by atoms with Gasteiger partial charge in [0.15, 0.2) is 5.65 Å². The zero-order chi connectivity index (χ0) is 27.1. The average molecular weight is 537 g/mol. The minimum absolute atomic E-state index is 0.0385. The Morgan fingerprint density at radius 3 is 2.72 bits per heavy atom. The summed E-state index contributed by atoms with van der Waals surface area (Å²) in [5, 5.41) is 3.32. The molecule has 9 heteroatoms. The van der Waals surface area contributed by atoms with Gasteiger partial charge in [0, 0.05) is 24.3 Å². The van der Waals surface area contributed by atoms with E-state index in [1.54, 1.807) is 17.0 Å². The van der Waals surface area contributed by atoms with E-state index in [9.17, 15) is 18.4 Å². The Balaban J connectivity index is 1.31. The van der Waals surface area contributed by atoms with Crippen LogP contribution in [0.4, 0.5) is 19.0 Å². The predicted octanol–water partition coefficient (Wildman–Crippen LogP) is 5.16. The van der Waals surface area contributed by atoms with E-state index in [2.05, 4.69) is 17.2 Å². The Morgan fingerprint density at radius 2 is 1.95 bits per heavy atom. The summed E-state index contributed by atoms with van der Waals surface area (Å²) in [5.41, 5.74) is -0.968. The Kier molecular flexibility index (Phi) is 5.58. The van der Waals surface area contributed by atoms with E-state index in [-0.39, 0.29) is 28.8 Å². The molecule has 3 aromatic rings. The van der Waals surface area contributed by atoms with Crippen molar-refractivity contribution in [1.82, 2.24) is 14.9 Å². The third-order valence-corrected chi connectivity index (χ3v) is 9.63. The predicted molar refractivity (Wildman–Crippen MR) is 142 cm³/mol. The van der Waals surface area contributed by atoms with Gasteiger partial charge in [-0.15, -0.1) is 0 Å². The van der Waals surface area contributed by atoms with Crippen molar-refractivity contribution in [2.45, 2.75) is 57.2 Å². The molecule has 1 aromatic carbocycles. The van der Waals surface area contributed by atoms with Crippen LogP contribution < -0.4 is 15.6 Å². The first kappa shape index (κ1) is 24.7. The van der Waals surface area contributed by atoms with Crippen molar-refractivity contribution < 1.29 is 18.0 Å². The van der Waals surface area contributed by atoms with Gasteiger partial charge in [0.25, 0.3) is 5.91 Å². The third-order valence-electron chi connectivity index (χ3n) is 9.63. The van der Waals surface area contributed by atoms with Crippen LogP contribution in [-0.2, 0) is 0 Å². The van der Waals surface area contributed by atoms with Crippen LogP contribution in [0.15, 0.2) is 41.3 Å². The molecule has 3 heterocycles. The molecule has 4 aliphatic rings. The van der Waals surface area contributed by atoms with E-state index < -0.39 is 34.7 Å². The summed E-state index contributed by atoms with van der Waals surface area (Å²) in [6, 6.07) is 6.32. The zero-order valence-corrected chi connectivity index (χ0v) is 21.8. The minimum atomic E-state index is -0.975. The quantitative estimate of drug-likeness (QED) is 0.501. The summed E-state index contributed by atoms with van der Waals surface area (Å²) in [4.78, 5) is 33.7. The van der Waals surface area contributed by atoms with Gasteiger partial charge in [-0.2, -0.15) is 0 Å². The van der Waals surface area contributed by atoms with Crippen LogP contribution in [0.25, 0.3) is 16.7 Å². The Labute approximate surface area is 224 Å². The highest BCUT2D eigenvalue weighted by Crippen LogP contribution is 2.60. The number of alkyl halides is 1. The van der Waals surface area contributed by atoms with Crippen LogP contribution in [0, 0.1) is 35.3 Å². The Hall–Kier alpha value is -3.36. The molecular weight excluding hydrogens is 505 g/mol. The van der Waals surface area contributed by atoms with Crippen molar-refractivity contribution in [3.63, 3.8) is 0 Å². The lowest BCUT2D eigenvalue weighted by atomic mass is 9.62. The highest BCUT2D eigenvalue weighted by molar-refractivity contribution is 5.97. The summed E-state index contributed by atoms with van der Waals surface area (Å²) in [7, 11) is 0. The molecule has 2 aromatic heterocycles. The number of amides is 1. The van der Waals surface area contributed by atoms with Crippen LogP contribution in [0.5, 0.6) is 0 Å². The van der Waals surface area contributed by atoms with E-state index in [0.29, 0.717) is 30.6 Å². The highest BCUT2D eigenvalue weighted by atomic mass is 19.1. The molecule has 39 heavy (non-hydrogen) atoms. The maximum atomic E-state index is 15.0. The molecule has 1 N–H and O–H groups in total. The molecule has 1 amide bonds. The standard InChI is InChI=1S/C30H31F3N4O2/c1-30(12-16-8-17-10-18(13-30)22(17)9-16)35-29(39)23-15-37(25-4-2-19(31)11-24(25)33)28-21(27(23)38)3-5-26(34-28)36-7-6-20(32)14-36/h2-5,11,15-18,20,22H,6-10,12-14H2,1H3,(H,35,39)/t16?,17?,18?,20-,22?,30?/m1/s1. The highest BCUT2D eigenvalue weighted by Gasteiger charge is 2.53. The molecular formula is C30H31F3N4O2. The van der Waals surface area contributed by atoms with Gasteiger partial charge >= 0.3 is 0 Å². The van der Waals surface area contributed by atoms with Gasteiger partial charge < -0.3 is 10.2 Å². The third kappa shape index (κ3) is 4.12. The van der Waals surface area contributed by atoms with Gasteiger partial charge in [0.2, 0.25) is 5.43 Å². The molecule has 1 aliphatic heterocycles. The molecule has 4 fully saturated rings. The van der Waals surface area contributed by atoms with E-state index in [4.69, 9.17) is 0 Å². The molecule has 6 atom stereocenters. The number of hydrogen-bond acceptors (Lipinski definition) is 4. The number of anilines is 1. The second-order valence-corrected chi connectivity index (χ2v) is 12.4. The van der Waals surface area contributed by atoms with Crippen molar-refractivity contribution in [3.8, 4) is 5.69 Å². The van der Waals surface area contributed by atoms with Crippen molar-refractivity contribution in [2.75, 3.05) is 18.0 Å². The summed E-state index contributed by atoms with van der Waals surface area (Å²) in [6.45, 7) is 2.72. The van der Waals surface area contributed by atoms with Gasteiger partial charge in [0.1, 0.15) is 29.2 Å². The number of aromatic nitrogens is 2. The van der Waals surface area contributed by atoms with Crippen molar-refractivity contribution >= 4 is 22.8 Å². The van der Waals surface area contributed by atoms with Crippen LogP contribution >= 0.6 is 0 Å². The lowest BCUT2D eigenvalue weighted by Gasteiger charge is -2.46. The number of nitrogens with one attached hydrogen (secondary N) is 1. The van der Waals surface area contributed by atoms with E-state index in [0.717, 1.165) is 36.8 Å². The summed E-state index contributed by atoms with van der Waals surface area (Å²) in [5.74, 6) is 1.14. The number of rotatable bonds is 4. The van der Waals surface area contributed by atoms with Gasteiger partial charge in [-0.1, -0.05) is 0 Å². The molecule has 5 unspecified atom stereocenters. The lowest BCUT2D eigenvalue weighted by Crippen LogP contribution is -2.51. The van der Waals surface area contributed by atoms with Crippen LogP contribution in [0.3, 0.4) is 0 Å². The first-order chi connectivity index (χ1) is 18.7. The van der Waals surface area contributed by atoms with Crippen molar-refractivity contribution in [3.05, 3.63) is 63.9 Å². The topological polar surface area (TPSA) is 67.2 Å². The average Bonchev–Trinajstić information content (AvgIpc) is 3.42. The molecule has 1 saturated heterocycles. The maximum absolute atomic E-state index is 15.0. The number of carbonyl (C=O) groups excluding carboxylic acids is 1. The SMILES string of the molecule is CC1(NC(=O)c2cn(-c3ccc(F)cc3F)c3nc(N4CC[C@@H](F)C4)ccc3c2=O)CC2CC3CC(C1)C3C2. The van der Waals surface area contributed by atoms with Crippen LogP contribution in [-0.4, -0.2) is 40.3 Å². The molecule has 2 bridgehead atoms. The number of carbonyl (C=O) groups is 1.